The number of likely N-dealkylation sites (N-methyl/N-ethyl adjacent to an activating group) is 1. The molecule has 0 N–H and O–H groups in total. The Balaban J connectivity index is 1.52. The summed E-state index contributed by atoms with van der Waals surface area (Å²) < 4.78 is 4.46. The molecule has 0 radical (unpaired) electrons. The van der Waals surface area contributed by atoms with Crippen molar-refractivity contribution < 1.29 is 4.79 Å². The highest BCUT2D eigenvalue weighted by Crippen LogP contribution is 2.32. The highest BCUT2D eigenvalue weighted by molar-refractivity contribution is 7.07. The van der Waals surface area contributed by atoms with Crippen molar-refractivity contribution in [3.8, 4) is 0 Å². The van der Waals surface area contributed by atoms with Crippen molar-refractivity contribution in [1.29, 1.82) is 0 Å². The number of para-hydroxylation sites is 1. The van der Waals surface area contributed by atoms with Crippen molar-refractivity contribution in [3.05, 3.63) is 138 Å². The van der Waals surface area contributed by atoms with Gasteiger partial charge in [-0.15, -0.1) is 0 Å². The summed E-state index contributed by atoms with van der Waals surface area (Å²) in [4.78, 5) is 35.1. The van der Waals surface area contributed by atoms with Gasteiger partial charge in [-0.3, -0.25) is 14.2 Å². The molecule has 1 atom stereocenters. The van der Waals surface area contributed by atoms with Crippen molar-refractivity contribution in [2.24, 2.45) is 4.99 Å². The number of aromatic nitrogens is 2. The van der Waals surface area contributed by atoms with Crippen LogP contribution in [-0.2, 0) is 11.3 Å². The van der Waals surface area contributed by atoms with Gasteiger partial charge in [0.05, 0.1) is 21.8 Å². The van der Waals surface area contributed by atoms with Gasteiger partial charge in [-0.25, -0.2) is 4.99 Å². The van der Waals surface area contributed by atoms with Crippen molar-refractivity contribution in [2.75, 3.05) is 13.1 Å². The number of carbonyl (C=O) groups is 1. The van der Waals surface area contributed by atoms with Crippen LogP contribution in [0.1, 0.15) is 43.5 Å². The standard InChI is InChI=1S/C34H31ClN4O2S/c1-4-37(5-2)33(41)30-22(3)36-34-39(31(30)24-15-17-26(35)18-16-24)32(40)29(42-34)19-25-21-38(20-23-11-7-6-8-12-23)28-14-10-9-13-27(25)28/h6-19,21,31H,4-5,20H2,1-3H3/b29-19+/t31-/m1/s1. The molecule has 0 fully saturated rings. The molecule has 5 aromatic rings. The first-order valence-corrected chi connectivity index (χ1v) is 15.3. The topological polar surface area (TPSA) is 59.6 Å². The normalized spacial score (nSPS) is 15.1. The number of hydrogen-bond acceptors (Lipinski definition) is 4. The average Bonchev–Trinajstić information content (AvgIpc) is 3.50. The first-order chi connectivity index (χ1) is 20.4. The Bertz CT molecular complexity index is 2000. The summed E-state index contributed by atoms with van der Waals surface area (Å²) in [5.74, 6) is -0.112. The van der Waals surface area contributed by atoms with Crippen molar-refractivity contribution in [3.63, 3.8) is 0 Å². The lowest BCUT2D eigenvalue weighted by atomic mass is 9.94. The summed E-state index contributed by atoms with van der Waals surface area (Å²) in [6, 6.07) is 25.3. The van der Waals surface area contributed by atoms with Gasteiger partial charge in [-0.2, -0.15) is 0 Å². The Hall–Kier alpha value is -4.20. The molecule has 0 bridgehead atoms. The van der Waals surface area contributed by atoms with Crippen LogP contribution in [0, 0.1) is 0 Å². The summed E-state index contributed by atoms with van der Waals surface area (Å²) in [6.07, 6.45) is 4.06. The van der Waals surface area contributed by atoms with Gasteiger partial charge in [0, 0.05) is 47.3 Å². The summed E-state index contributed by atoms with van der Waals surface area (Å²) in [5.41, 5.74) is 5.05. The Morgan fingerprint density at radius 1 is 1.00 bits per heavy atom. The maximum atomic E-state index is 14.2. The van der Waals surface area contributed by atoms with E-state index in [4.69, 9.17) is 16.6 Å². The highest BCUT2D eigenvalue weighted by atomic mass is 35.5. The van der Waals surface area contributed by atoms with Gasteiger partial charge >= 0.3 is 0 Å². The molecule has 1 aliphatic rings. The van der Waals surface area contributed by atoms with Crippen molar-refractivity contribution in [1.82, 2.24) is 14.0 Å². The van der Waals surface area contributed by atoms with Gasteiger partial charge in [0.1, 0.15) is 0 Å². The van der Waals surface area contributed by atoms with Crippen molar-refractivity contribution >= 4 is 45.8 Å². The van der Waals surface area contributed by atoms with Gasteiger partial charge in [0.15, 0.2) is 4.80 Å². The number of allylic oxidation sites excluding steroid dienone is 1. The third-order valence-electron chi connectivity index (χ3n) is 7.79. The number of benzene rings is 3. The highest BCUT2D eigenvalue weighted by Gasteiger charge is 2.34. The monoisotopic (exact) mass is 594 g/mol. The van der Waals surface area contributed by atoms with E-state index in [0.717, 1.165) is 28.6 Å². The smallest absolute Gasteiger partial charge is 0.271 e. The fourth-order valence-corrected chi connectivity index (χ4v) is 6.84. The molecule has 0 saturated carbocycles. The zero-order valence-electron chi connectivity index (χ0n) is 23.8. The molecule has 6 rings (SSSR count). The fourth-order valence-electron chi connectivity index (χ4n) is 5.68. The Morgan fingerprint density at radius 3 is 2.40 bits per heavy atom. The molecule has 0 unspecified atom stereocenters. The third-order valence-corrected chi connectivity index (χ3v) is 9.03. The average molecular weight is 595 g/mol. The maximum Gasteiger partial charge on any atom is 0.271 e. The maximum absolute atomic E-state index is 14.2. The Labute approximate surface area is 253 Å². The van der Waals surface area contributed by atoms with E-state index >= 15 is 0 Å². The Kier molecular flexibility index (Phi) is 7.71. The molecule has 2 aromatic heterocycles. The number of hydrogen-bond donors (Lipinski definition) is 0. The van der Waals surface area contributed by atoms with E-state index in [2.05, 4.69) is 35.0 Å². The second-order valence-corrected chi connectivity index (χ2v) is 11.8. The quantitative estimate of drug-likeness (QED) is 0.241. The van der Waals surface area contributed by atoms with Gasteiger partial charge in [0.25, 0.3) is 11.5 Å². The molecular weight excluding hydrogens is 564 g/mol. The largest absolute Gasteiger partial charge is 0.342 e. The van der Waals surface area contributed by atoms with Crippen molar-refractivity contribution in [2.45, 2.75) is 33.4 Å². The third kappa shape index (κ3) is 5.03. The number of carbonyl (C=O) groups excluding carboxylic acids is 1. The van der Waals surface area contributed by atoms with Gasteiger partial charge < -0.3 is 9.47 Å². The van der Waals surface area contributed by atoms with E-state index in [1.165, 1.54) is 16.9 Å². The minimum Gasteiger partial charge on any atom is -0.342 e. The lowest BCUT2D eigenvalue weighted by Gasteiger charge is -2.29. The predicted molar refractivity (Wildman–Crippen MR) is 171 cm³/mol. The summed E-state index contributed by atoms with van der Waals surface area (Å²) in [6.45, 7) is 7.63. The van der Waals surface area contributed by atoms with E-state index in [0.29, 0.717) is 38.7 Å². The number of amides is 1. The molecule has 3 heterocycles. The minimum absolute atomic E-state index is 0.112. The Morgan fingerprint density at radius 2 is 1.69 bits per heavy atom. The summed E-state index contributed by atoms with van der Waals surface area (Å²) in [5, 5.41) is 1.66. The lowest BCUT2D eigenvalue weighted by molar-refractivity contribution is -0.127. The number of thiazole rings is 1. The first kappa shape index (κ1) is 27.9. The minimum atomic E-state index is -0.604. The van der Waals surface area contributed by atoms with Crippen LogP contribution < -0.4 is 14.9 Å². The summed E-state index contributed by atoms with van der Waals surface area (Å²) >= 11 is 7.57. The molecule has 3 aromatic carbocycles. The van der Waals surface area contributed by atoms with Crippen LogP contribution in [0.15, 0.2) is 106 Å². The molecule has 42 heavy (non-hydrogen) atoms. The van der Waals surface area contributed by atoms with Crippen LogP contribution in [0.2, 0.25) is 5.02 Å². The molecule has 1 amide bonds. The molecule has 8 heteroatoms. The number of nitrogens with zero attached hydrogens (tertiary/aromatic N) is 4. The predicted octanol–water partition coefficient (Wildman–Crippen LogP) is 5.76. The van der Waals surface area contributed by atoms with Gasteiger partial charge in [0.2, 0.25) is 0 Å². The zero-order chi connectivity index (χ0) is 29.4. The van der Waals surface area contributed by atoms with Crippen LogP contribution >= 0.6 is 22.9 Å². The number of fused-ring (bicyclic) bond motifs is 2. The van der Waals surface area contributed by atoms with E-state index < -0.39 is 6.04 Å². The van der Waals surface area contributed by atoms with E-state index in [1.54, 1.807) is 21.6 Å². The molecule has 0 aliphatic carbocycles. The van der Waals surface area contributed by atoms with Gasteiger partial charge in [-0.05, 0) is 56.2 Å². The molecule has 0 spiro atoms. The molecule has 6 nitrogen and oxygen atoms in total. The van der Waals surface area contributed by atoms with E-state index in [-0.39, 0.29) is 11.5 Å². The molecular formula is C34H31ClN4O2S. The van der Waals surface area contributed by atoms with E-state index in [1.807, 2.05) is 69.3 Å². The number of rotatable bonds is 7. The lowest BCUT2D eigenvalue weighted by Crippen LogP contribution is -2.43. The zero-order valence-corrected chi connectivity index (χ0v) is 25.3. The van der Waals surface area contributed by atoms with Crippen LogP contribution in [0.25, 0.3) is 17.0 Å². The molecule has 0 saturated heterocycles. The number of halogens is 1. The fraction of sp³-hybridized carbons (Fsp3) is 0.206. The van der Waals surface area contributed by atoms with Crippen LogP contribution in [-0.4, -0.2) is 33.0 Å². The summed E-state index contributed by atoms with van der Waals surface area (Å²) in [7, 11) is 0. The van der Waals surface area contributed by atoms with E-state index in [9.17, 15) is 9.59 Å². The molecule has 1 aliphatic heterocycles. The van der Waals surface area contributed by atoms with Crippen LogP contribution in [0.4, 0.5) is 0 Å². The van der Waals surface area contributed by atoms with Gasteiger partial charge in [-0.1, -0.05) is 83.6 Å². The SMILES string of the molecule is CCN(CC)C(=O)C1=C(C)N=c2s/c(=C/c3cn(Cc4ccccc4)c4ccccc34)c(=O)n2[C@@H]1c1ccc(Cl)cc1. The van der Waals surface area contributed by atoms with Crippen LogP contribution in [0.5, 0.6) is 0 Å². The first-order valence-electron chi connectivity index (χ1n) is 14.1. The molecule has 212 valence electrons. The second-order valence-electron chi connectivity index (χ2n) is 10.3. The second kappa shape index (κ2) is 11.6. The van der Waals surface area contributed by atoms with Crippen LogP contribution in [0.3, 0.4) is 0 Å².